The molecule has 9 nitrogen and oxygen atoms in total. The molecule has 158 valence electrons. The van der Waals surface area contributed by atoms with Crippen molar-refractivity contribution in [3.63, 3.8) is 0 Å². The van der Waals surface area contributed by atoms with Gasteiger partial charge in [-0.15, -0.1) is 11.3 Å². The van der Waals surface area contributed by atoms with Crippen molar-refractivity contribution in [3.8, 4) is 0 Å². The van der Waals surface area contributed by atoms with Crippen molar-refractivity contribution in [3.05, 3.63) is 89.2 Å². The summed E-state index contributed by atoms with van der Waals surface area (Å²) in [4.78, 5) is 23.3. The summed E-state index contributed by atoms with van der Waals surface area (Å²) in [5.41, 5.74) is 1.91. The molecule has 0 bridgehead atoms. The molecular formula is C19H14Br2N6O3S. The number of anilines is 1. The summed E-state index contributed by atoms with van der Waals surface area (Å²) in [5.74, 6) is -0.0613. The first-order valence-electron chi connectivity index (χ1n) is 8.91. The number of hydrogen-bond acceptors (Lipinski definition) is 6. The average Bonchev–Trinajstić information content (AvgIpc) is 3.45. The Bertz CT molecular complexity index is 1250. The van der Waals surface area contributed by atoms with Gasteiger partial charge < -0.3 is 15.4 Å². The first-order valence-corrected chi connectivity index (χ1v) is 11.4. The highest BCUT2D eigenvalue weighted by atomic mass is 79.9. The Labute approximate surface area is 197 Å². The molecule has 1 aromatic carbocycles. The number of carbonyl (C=O) groups excluding carboxylic acids is 1. The topological polar surface area (TPSA) is 108 Å². The Morgan fingerprint density at radius 2 is 1.84 bits per heavy atom. The summed E-state index contributed by atoms with van der Waals surface area (Å²) >= 11 is 8.14. The molecule has 1 amide bonds. The van der Waals surface area contributed by atoms with Gasteiger partial charge in [0.2, 0.25) is 0 Å². The van der Waals surface area contributed by atoms with Gasteiger partial charge in [0.15, 0.2) is 5.82 Å². The zero-order valence-corrected chi connectivity index (χ0v) is 19.7. The molecule has 12 heteroatoms. The number of halogens is 2. The standard InChI is InChI=1S/C19H14Br2N6O3S/c20-14-3-1-12(2-4-14)8-26-10-15(21)18(24-26)22-19(28)16-7-13(11-31-16)9-25-6-5-17(23-25)27(29)30/h1-7,10-11H,8-9H2,(H,22,24,28). The van der Waals surface area contributed by atoms with Crippen molar-refractivity contribution in [2.24, 2.45) is 0 Å². The molecular weight excluding hydrogens is 552 g/mol. The van der Waals surface area contributed by atoms with Crippen LogP contribution in [0.25, 0.3) is 0 Å². The summed E-state index contributed by atoms with van der Waals surface area (Å²) < 4.78 is 4.89. The van der Waals surface area contributed by atoms with Crippen LogP contribution in [-0.2, 0) is 13.1 Å². The van der Waals surface area contributed by atoms with Crippen molar-refractivity contribution >= 4 is 60.7 Å². The molecule has 0 atom stereocenters. The fourth-order valence-corrected chi connectivity index (χ4v) is 4.29. The second-order valence-electron chi connectivity index (χ2n) is 6.55. The predicted octanol–water partition coefficient (Wildman–Crippen LogP) is 4.92. The van der Waals surface area contributed by atoms with Crippen LogP contribution in [0, 0.1) is 10.1 Å². The van der Waals surface area contributed by atoms with Crippen LogP contribution < -0.4 is 5.32 Å². The summed E-state index contributed by atoms with van der Waals surface area (Å²) in [5, 5.41) is 23.7. The zero-order chi connectivity index (χ0) is 22.0. The molecule has 0 saturated carbocycles. The number of benzene rings is 1. The van der Waals surface area contributed by atoms with E-state index in [1.54, 1.807) is 10.7 Å². The molecule has 0 radical (unpaired) electrons. The highest BCUT2D eigenvalue weighted by Gasteiger charge is 2.16. The monoisotopic (exact) mass is 564 g/mol. The van der Waals surface area contributed by atoms with E-state index >= 15 is 0 Å². The van der Waals surface area contributed by atoms with Gasteiger partial charge in [-0.25, -0.2) is 0 Å². The Morgan fingerprint density at radius 3 is 2.55 bits per heavy atom. The van der Waals surface area contributed by atoms with E-state index in [4.69, 9.17) is 0 Å². The van der Waals surface area contributed by atoms with E-state index in [-0.39, 0.29) is 11.7 Å². The fraction of sp³-hybridized carbons (Fsp3) is 0.105. The van der Waals surface area contributed by atoms with Crippen molar-refractivity contribution in [1.82, 2.24) is 19.6 Å². The van der Waals surface area contributed by atoms with E-state index < -0.39 is 4.92 Å². The number of amides is 1. The molecule has 1 N–H and O–H groups in total. The maximum Gasteiger partial charge on any atom is 0.389 e. The Balaban J connectivity index is 1.40. The van der Waals surface area contributed by atoms with Gasteiger partial charge in [0.05, 0.1) is 39.8 Å². The number of hydrogen-bond donors (Lipinski definition) is 1. The maximum atomic E-state index is 12.6. The maximum absolute atomic E-state index is 12.6. The zero-order valence-electron chi connectivity index (χ0n) is 15.7. The van der Waals surface area contributed by atoms with Gasteiger partial charge >= 0.3 is 5.82 Å². The van der Waals surface area contributed by atoms with Gasteiger partial charge in [0.1, 0.15) is 0 Å². The SMILES string of the molecule is O=C(Nc1nn(Cc2ccc(Br)cc2)cc1Br)c1cc(Cn2ccc([N+](=O)[O-])n2)cs1. The molecule has 0 saturated heterocycles. The Morgan fingerprint density at radius 1 is 1.10 bits per heavy atom. The molecule has 0 aliphatic heterocycles. The molecule has 4 rings (SSSR count). The minimum Gasteiger partial charge on any atom is -0.358 e. The third-order valence-electron chi connectivity index (χ3n) is 4.24. The first kappa shape index (κ1) is 21.4. The van der Waals surface area contributed by atoms with Gasteiger partial charge in [-0.05, 0) is 55.6 Å². The largest absolute Gasteiger partial charge is 0.389 e. The number of thiophene rings is 1. The minimum absolute atomic E-state index is 0.211. The molecule has 31 heavy (non-hydrogen) atoms. The van der Waals surface area contributed by atoms with Crippen molar-refractivity contribution < 1.29 is 9.72 Å². The Kier molecular flexibility index (Phi) is 6.30. The lowest BCUT2D eigenvalue weighted by Crippen LogP contribution is -2.12. The van der Waals surface area contributed by atoms with Crippen LogP contribution in [0.4, 0.5) is 11.6 Å². The number of rotatable bonds is 7. The number of nitrogens with one attached hydrogen (secondary N) is 1. The van der Waals surface area contributed by atoms with E-state index in [9.17, 15) is 14.9 Å². The Hall–Kier alpha value is -2.83. The predicted molar refractivity (Wildman–Crippen MR) is 123 cm³/mol. The number of carbonyl (C=O) groups is 1. The fourth-order valence-electron chi connectivity index (χ4n) is 2.81. The molecule has 0 fully saturated rings. The molecule has 3 aromatic heterocycles. The molecule has 4 aromatic rings. The quantitative estimate of drug-likeness (QED) is 0.253. The van der Waals surface area contributed by atoms with Crippen LogP contribution >= 0.6 is 43.2 Å². The minimum atomic E-state index is -0.545. The third kappa shape index (κ3) is 5.27. The second-order valence-corrected chi connectivity index (χ2v) is 9.23. The second kappa shape index (κ2) is 9.12. The highest BCUT2D eigenvalue weighted by molar-refractivity contribution is 9.10. The van der Waals surface area contributed by atoms with Crippen LogP contribution in [-0.4, -0.2) is 30.4 Å². The average molecular weight is 566 g/mol. The normalized spacial score (nSPS) is 10.9. The lowest BCUT2D eigenvalue weighted by molar-refractivity contribution is -0.389. The van der Waals surface area contributed by atoms with Crippen molar-refractivity contribution in [2.45, 2.75) is 13.1 Å². The number of aromatic nitrogens is 4. The van der Waals surface area contributed by atoms with E-state index in [2.05, 4.69) is 47.4 Å². The van der Waals surface area contributed by atoms with Crippen LogP contribution in [0.3, 0.4) is 0 Å². The van der Waals surface area contributed by atoms with Gasteiger partial charge in [-0.1, -0.05) is 28.1 Å². The van der Waals surface area contributed by atoms with Gasteiger partial charge in [0, 0.05) is 10.7 Å². The van der Waals surface area contributed by atoms with E-state index in [1.165, 1.54) is 28.3 Å². The smallest absolute Gasteiger partial charge is 0.358 e. The molecule has 0 aliphatic rings. The molecule has 0 spiro atoms. The van der Waals surface area contributed by atoms with E-state index in [1.807, 2.05) is 35.8 Å². The van der Waals surface area contributed by atoms with E-state index in [0.29, 0.717) is 28.3 Å². The van der Waals surface area contributed by atoms with Gasteiger partial charge in [0.25, 0.3) is 5.91 Å². The lowest BCUT2D eigenvalue weighted by Gasteiger charge is -2.02. The van der Waals surface area contributed by atoms with Crippen LogP contribution in [0.2, 0.25) is 0 Å². The molecule has 3 heterocycles. The van der Waals surface area contributed by atoms with Crippen LogP contribution in [0.1, 0.15) is 20.8 Å². The third-order valence-corrected chi connectivity index (χ3v) is 6.33. The lowest BCUT2D eigenvalue weighted by atomic mass is 10.2. The van der Waals surface area contributed by atoms with E-state index in [0.717, 1.165) is 15.6 Å². The van der Waals surface area contributed by atoms with Crippen LogP contribution in [0.5, 0.6) is 0 Å². The van der Waals surface area contributed by atoms with Crippen molar-refractivity contribution in [1.29, 1.82) is 0 Å². The highest BCUT2D eigenvalue weighted by Crippen LogP contribution is 2.23. The van der Waals surface area contributed by atoms with Crippen LogP contribution in [0.15, 0.2) is 63.1 Å². The molecule has 0 unspecified atom stereocenters. The van der Waals surface area contributed by atoms with Gasteiger partial charge in [-0.3, -0.25) is 9.48 Å². The molecule has 0 aliphatic carbocycles. The summed E-state index contributed by atoms with van der Waals surface area (Å²) in [6.45, 7) is 0.907. The summed E-state index contributed by atoms with van der Waals surface area (Å²) in [6.07, 6.45) is 3.34. The van der Waals surface area contributed by atoms with Gasteiger partial charge in [-0.2, -0.15) is 9.78 Å². The summed E-state index contributed by atoms with van der Waals surface area (Å²) in [7, 11) is 0. The summed E-state index contributed by atoms with van der Waals surface area (Å²) in [6, 6.07) is 11.0. The van der Waals surface area contributed by atoms with Crippen molar-refractivity contribution in [2.75, 3.05) is 5.32 Å². The number of nitrogens with zero attached hydrogens (tertiary/aromatic N) is 5. The first-order chi connectivity index (χ1) is 14.9. The number of nitro groups is 1.